The molecule has 0 saturated heterocycles. The highest BCUT2D eigenvalue weighted by Crippen LogP contribution is 2.07. The summed E-state index contributed by atoms with van der Waals surface area (Å²) in [4.78, 5) is 34.0. The van der Waals surface area contributed by atoms with E-state index in [4.69, 9.17) is 9.47 Å². The highest BCUT2D eigenvalue weighted by Gasteiger charge is 2.14. The van der Waals surface area contributed by atoms with Gasteiger partial charge in [0.2, 0.25) is 0 Å². The van der Waals surface area contributed by atoms with Gasteiger partial charge in [-0.25, -0.2) is 4.79 Å². The Labute approximate surface area is 122 Å². The maximum Gasteiger partial charge on any atom is 0.333 e. The highest BCUT2D eigenvalue weighted by molar-refractivity contribution is 6.36. The average Bonchev–Trinajstić information content (AvgIpc) is 2.49. The zero-order valence-corrected chi connectivity index (χ0v) is 11.8. The maximum atomic E-state index is 11.5. The Balaban J connectivity index is 2.21. The quantitative estimate of drug-likeness (QED) is 0.333. The van der Waals surface area contributed by atoms with Crippen LogP contribution in [-0.2, 0) is 19.1 Å². The Morgan fingerprint density at radius 1 is 1.19 bits per heavy atom. The first kappa shape index (κ1) is 16.4. The molecule has 0 unspecified atom stereocenters. The summed E-state index contributed by atoms with van der Waals surface area (Å²) >= 11 is 0. The van der Waals surface area contributed by atoms with Gasteiger partial charge in [0, 0.05) is 5.57 Å². The summed E-state index contributed by atoms with van der Waals surface area (Å²) in [5, 5.41) is 2.34. The van der Waals surface area contributed by atoms with Gasteiger partial charge in [0.1, 0.15) is 12.4 Å². The van der Waals surface area contributed by atoms with Crippen LogP contribution in [0.3, 0.4) is 0 Å². The monoisotopic (exact) mass is 291 g/mol. The molecule has 6 heteroatoms. The van der Waals surface area contributed by atoms with Crippen LogP contribution in [0.25, 0.3) is 0 Å². The van der Waals surface area contributed by atoms with Crippen LogP contribution in [0.2, 0.25) is 0 Å². The summed E-state index contributed by atoms with van der Waals surface area (Å²) in [6.07, 6.45) is 0. The third-order valence-corrected chi connectivity index (χ3v) is 2.34. The molecule has 0 radical (unpaired) electrons. The lowest BCUT2D eigenvalue weighted by atomic mass is 10.3. The molecule has 0 fully saturated rings. The molecular formula is C15H17NO5. The molecule has 1 amide bonds. The summed E-state index contributed by atoms with van der Waals surface area (Å²) in [6, 6.07) is 8.70. The smallest absolute Gasteiger partial charge is 0.333 e. The predicted octanol–water partition coefficient (Wildman–Crippen LogP) is 0.870. The van der Waals surface area contributed by atoms with Crippen LogP contribution in [0.15, 0.2) is 42.5 Å². The van der Waals surface area contributed by atoms with Crippen LogP contribution < -0.4 is 10.1 Å². The highest BCUT2D eigenvalue weighted by atomic mass is 16.5. The van der Waals surface area contributed by atoms with Crippen LogP contribution in [0.4, 0.5) is 0 Å². The first-order valence-electron chi connectivity index (χ1n) is 6.32. The standard InChI is InChI=1S/C15H17NO5/c1-11(2)15(19)20-9-8-16-14(18)13(17)10-21-12-6-4-3-5-7-12/h3-7H,1,8-10H2,2H3,(H,16,18). The molecule has 0 aliphatic rings. The van der Waals surface area contributed by atoms with Crippen LogP contribution in [0.1, 0.15) is 6.92 Å². The van der Waals surface area contributed by atoms with Crippen molar-refractivity contribution in [3.8, 4) is 5.75 Å². The fourth-order valence-corrected chi connectivity index (χ4v) is 1.26. The van der Waals surface area contributed by atoms with Crippen LogP contribution in [-0.4, -0.2) is 37.4 Å². The zero-order valence-electron chi connectivity index (χ0n) is 11.8. The van der Waals surface area contributed by atoms with Gasteiger partial charge >= 0.3 is 5.97 Å². The molecule has 112 valence electrons. The number of hydrogen-bond donors (Lipinski definition) is 1. The van der Waals surface area contributed by atoms with Gasteiger partial charge in [-0.3, -0.25) is 9.59 Å². The Morgan fingerprint density at radius 2 is 1.86 bits per heavy atom. The summed E-state index contributed by atoms with van der Waals surface area (Å²) in [6.45, 7) is 4.62. The first-order valence-corrected chi connectivity index (χ1v) is 6.32. The largest absolute Gasteiger partial charge is 0.485 e. The van der Waals surface area contributed by atoms with E-state index in [0.29, 0.717) is 5.75 Å². The lowest BCUT2D eigenvalue weighted by Gasteiger charge is -2.07. The molecule has 6 nitrogen and oxygen atoms in total. The van der Waals surface area contributed by atoms with Gasteiger partial charge < -0.3 is 14.8 Å². The topological polar surface area (TPSA) is 81.7 Å². The van der Waals surface area contributed by atoms with Gasteiger partial charge in [-0.15, -0.1) is 0 Å². The molecule has 1 aromatic rings. The molecule has 0 spiro atoms. The van der Waals surface area contributed by atoms with Crippen LogP contribution in [0, 0.1) is 0 Å². The third-order valence-electron chi connectivity index (χ3n) is 2.34. The number of carbonyl (C=O) groups excluding carboxylic acids is 3. The lowest BCUT2D eigenvalue weighted by molar-refractivity contribution is -0.141. The van der Waals surface area contributed by atoms with Gasteiger partial charge in [0.15, 0.2) is 6.61 Å². The minimum absolute atomic E-state index is 0.0236. The van der Waals surface area contributed by atoms with Crippen LogP contribution in [0.5, 0.6) is 5.75 Å². The van der Waals surface area contributed by atoms with Gasteiger partial charge in [0.25, 0.3) is 11.7 Å². The molecule has 0 saturated carbocycles. The molecule has 0 aromatic heterocycles. The summed E-state index contributed by atoms with van der Waals surface area (Å²) in [7, 11) is 0. The number of nitrogens with one attached hydrogen (secondary N) is 1. The van der Waals surface area contributed by atoms with Crippen molar-refractivity contribution >= 4 is 17.7 Å². The number of hydrogen-bond acceptors (Lipinski definition) is 5. The number of Topliss-reactive ketones (excluding diaryl/α,β-unsaturated/α-hetero) is 1. The van der Waals surface area contributed by atoms with E-state index >= 15 is 0 Å². The summed E-state index contributed by atoms with van der Waals surface area (Å²) in [5.74, 6) is -1.51. The Bertz CT molecular complexity index is 524. The number of amides is 1. The molecule has 1 rings (SSSR count). The van der Waals surface area contributed by atoms with E-state index in [2.05, 4.69) is 11.9 Å². The van der Waals surface area contributed by atoms with Gasteiger partial charge in [-0.05, 0) is 19.1 Å². The molecule has 0 atom stereocenters. The van der Waals surface area contributed by atoms with Crippen molar-refractivity contribution in [2.24, 2.45) is 0 Å². The van der Waals surface area contributed by atoms with E-state index in [1.807, 2.05) is 6.07 Å². The number of ether oxygens (including phenoxy) is 2. The number of rotatable bonds is 8. The predicted molar refractivity (Wildman–Crippen MR) is 75.7 cm³/mol. The molecule has 21 heavy (non-hydrogen) atoms. The van der Waals surface area contributed by atoms with Crippen molar-refractivity contribution in [3.63, 3.8) is 0 Å². The molecule has 0 aliphatic heterocycles. The number of benzene rings is 1. The van der Waals surface area contributed by atoms with Crippen molar-refractivity contribution in [2.45, 2.75) is 6.92 Å². The van der Waals surface area contributed by atoms with Crippen molar-refractivity contribution in [2.75, 3.05) is 19.8 Å². The van der Waals surface area contributed by atoms with Crippen molar-refractivity contribution in [1.29, 1.82) is 0 Å². The van der Waals surface area contributed by atoms with Crippen LogP contribution >= 0.6 is 0 Å². The Morgan fingerprint density at radius 3 is 2.48 bits per heavy atom. The normalized spacial score (nSPS) is 9.57. The van der Waals surface area contributed by atoms with Crippen molar-refractivity contribution in [1.82, 2.24) is 5.32 Å². The van der Waals surface area contributed by atoms with Gasteiger partial charge in [0.05, 0.1) is 6.54 Å². The minimum atomic E-state index is -0.780. The van der Waals surface area contributed by atoms with Crippen molar-refractivity contribution in [3.05, 3.63) is 42.5 Å². The molecular weight excluding hydrogens is 274 g/mol. The summed E-state index contributed by atoms with van der Waals surface area (Å²) < 4.78 is 9.92. The number of esters is 1. The Hall–Kier alpha value is -2.63. The second-order valence-corrected chi connectivity index (χ2v) is 4.20. The summed E-state index contributed by atoms with van der Waals surface area (Å²) in [5.41, 5.74) is 0.272. The fourth-order valence-electron chi connectivity index (χ4n) is 1.26. The SMILES string of the molecule is C=C(C)C(=O)OCCNC(=O)C(=O)COc1ccccc1. The average molecular weight is 291 g/mol. The fraction of sp³-hybridized carbons (Fsp3) is 0.267. The molecule has 0 bridgehead atoms. The van der Waals surface area contributed by atoms with E-state index in [1.54, 1.807) is 24.3 Å². The number of carbonyl (C=O) groups is 3. The second kappa shape index (κ2) is 8.52. The van der Waals surface area contributed by atoms with Gasteiger partial charge in [-0.1, -0.05) is 24.8 Å². The van der Waals surface area contributed by atoms with E-state index in [1.165, 1.54) is 6.92 Å². The second-order valence-electron chi connectivity index (χ2n) is 4.20. The van der Waals surface area contributed by atoms with E-state index in [0.717, 1.165) is 0 Å². The number of para-hydroxylation sites is 1. The van der Waals surface area contributed by atoms with E-state index in [-0.39, 0.29) is 25.3 Å². The molecule has 0 heterocycles. The maximum absolute atomic E-state index is 11.5. The van der Waals surface area contributed by atoms with E-state index < -0.39 is 17.7 Å². The van der Waals surface area contributed by atoms with Crippen molar-refractivity contribution < 1.29 is 23.9 Å². The number of ketones is 1. The first-order chi connectivity index (χ1) is 10.0. The van der Waals surface area contributed by atoms with E-state index in [9.17, 15) is 14.4 Å². The zero-order chi connectivity index (χ0) is 15.7. The third kappa shape index (κ3) is 6.38. The minimum Gasteiger partial charge on any atom is -0.485 e. The lowest BCUT2D eigenvalue weighted by Crippen LogP contribution is -2.36. The molecule has 0 aliphatic carbocycles. The van der Waals surface area contributed by atoms with Gasteiger partial charge in [-0.2, -0.15) is 0 Å². The Kier molecular flexibility index (Phi) is 6.67. The molecule has 1 aromatic carbocycles. The molecule has 1 N–H and O–H groups in total.